The van der Waals surface area contributed by atoms with Gasteiger partial charge in [0.2, 0.25) is 0 Å². The molecular weight excluding hydrogens is 196 g/mol. The lowest BCUT2D eigenvalue weighted by atomic mass is 9.76. The highest BCUT2D eigenvalue weighted by atomic mass is 16.5. The number of ether oxygens (including phenoxy) is 1. The first-order chi connectivity index (χ1) is 7.65. The predicted octanol–water partition coefficient (Wildman–Crippen LogP) is 3.65. The van der Waals surface area contributed by atoms with E-state index in [9.17, 15) is 0 Å². The van der Waals surface area contributed by atoms with Gasteiger partial charge in [-0.25, -0.2) is 0 Å². The Kier molecular flexibility index (Phi) is 2.62. The van der Waals surface area contributed by atoms with Crippen molar-refractivity contribution in [3.05, 3.63) is 12.2 Å². The van der Waals surface area contributed by atoms with Crippen molar-refractivity contribution in [2.45, 2.75) is 52.2 Å². The van der Waals surface area contributed by atoms with Gasteiger partial charge >= 0.3 is 0 Å². The van der Waals surface area contributed by atoms with E-state index in [1.807, 2.05) is 0 Å². The summed E-state index contributed by atoms with van der Waals surface area (Å²) >= 11 is 0. The Hall–Kier alpha value is -0.300. The van der Waals surface area contributed by atoms with Gasteiger partial charge in [-0.05, 0) is 55.8 Å². The predicted molar refractivity (Wildman–Crippen MR) is 66.1 cm³/mol. The second-order valence-corrected chi connectivity index (χ2v) is 6.45. The maximum atomic E-state index is 6.23. The van der Waals surface area contributed by atoms with Gasteiger partial charge in [-0.3, -0.25) is 0 Å². The Bertz CT molecular complexity index is 286. The summed E-state index contributed by atoms with van der Waals surface area (Å²) in [5, 5.41) is 0. The molecule has 0 aromatic heterocycles. The summed E-state index contributed by atoms with van der Waals surface area (Å²) in [5.74, 6) is 4.18. The third-order valence-corrected chi connectivity index (χ3v) is 5.13. The fourth-order valence-corrected chi connectivity index (χ4v) is 4.44. The Morgan fingerprint density at radius 1 is 0.938 bits per heavy atom. The summed E-state index contributed by atoms with van der Waals surface area (Å²) in [6, 6.07) is 0. The number of rotatable bonds is 1. The molecule has 1 saturated carbocycles. The van der Waals surface area contributed by atoms with E-state index in [1.54, 1.807) is 0 Å². The molecule has 2 bridgehead atoms. The molecule has 7 atom stereocenters. The van der Waals surface area contributed by atoms with Crippen molar-refractivity contribution in [2.24, 2.45) is 29.6 Å². The summed E-state index contributed by atoms with van der Waals surface area (Å²) in [4.78, 5) is 0. The highest BCUT2D eigenvalue weighted by molar-refractivity contribution is 5.14. The molecule has 0 radical (unpaired) electrons. The van der Waals surface area contributed by atoms with E-state index in [4.69, 9.17) is 4.74 Å². The average molecular weight is 220 g/mol. The minimum Gasteiger partial charge on any atom is -0.375 e. The topological polar surface area (TPSA) is 9.23 Å². The van der Waals surface area contributed by atoms with Crippen molar-refractivity contribution in [3.8, 4) is 0 Å². The molecule has 0 aromatic rings. The molecule has 2 aliphatic carbocycles. The molecule has 0 N–H and O–H groups in total. The minimum absolute atomic E-state index is 0.476. The lowest BCUT2D eigenvalue weighted by Gasteiger charge is -2.40. The van der Waals surface area contributed by atoms with E-state index < -0.39 is 0 Å². The molecule has 7 unspecified atom stereocenters. The summed E-state index contributed by atoms with van der Waals surface area (Å²) < 4.78 is 6.23. The van der Waals surface area contributed by atoms with E-state index >= 15 is 0 Å². The van der Waals surface area contributed by atoms with E-state index in [1.165, 1.54) is 19.3 Å². The molecule has 0 amide bonds. The van der Waals surface area contributed by atoms with Gasteiger partial charge in [-0.15, -0.1) is 0 Å². The van der Waals surface area contributed by atoms with Crippen LogP contribution in [0, 0.1) is 29.6 Å². The lowest BCUT2D eigenvalue weighted by Crippen LogP contribution is -2.39. The minimum atomic E-state index is 0.476. The van der Waals surface area contributed by atoms with Crippen LogP contribution in [-0.2, 0) is 4.74 Å². The quantitative estimate of drug-likeness (QED) is 0.613. The Labute approximate surface area is 99.3 Å². The molecule has 1 heterocycles. The van der Waals surface area contributed by atoms with Crippen LogP contribution in [0.15, 0.2) is 12.2 Å². The summed E-state index contributed by atoms with van der Waals surface area (Å²) in [5.41, 5.74) is 0. The van der Waals surface area contributed by atoms with Crippen LogP contribution < -0.4 is 0 Å². The van der Waals surface area contributed by atoms with Gasteiger partial charge in [-0.2, -0.15) is 0 Å². The summed E-state index contributed by atoms with van der Waals surface area (Å²) in [7, 11) is 0. The SMILES string of the molecule is CC1CC(C)OC(C2C3C=CC(C3)C2C)C1. The Morgan fingerprint density at radius 3 is 2.31 bits per heavy atom. The first-order valence-corrected chi connectivity index (χ1v) is 6.99. The maximum Gasteiger partial charge on any atom is 0.0617 e. The number of hydrogen-bond donors (Lipinski definition) is 0. The van der Waals surface area contributed by atoms with Gasteiger partial charge in [0.1, 0.15) is 0 Å². The van der Waals surface area contributed by atoms with Crippen molar-refractivity contribution in [2.75, 3.05) is 0 Å². The number of fused-ring (bicyclic) bond motifs is 2. The van der Waals surface area contributed by atoms with Gasteiger partial charge in [0, 0.05) is 0 Å². The van der Waals surface area contributed by atoms with Gasteiger partial charge < -0.3 is 4.74 Å². The molecule has 1 nitrogen and oxygen atoms in total. The summed E-state index contributed by atoms with van der Waals surface area (Å²) in [6.07, 6.45) is 9.86. The maximum absolute atomic E-state index is 6.23. The zero-order chi connectivity index (χ0) is 11.3. The molecular formula is C15H24O. The van der Waals surface area contributed by atoms with Crippen molar-refractivity contribution < 1.29 is 4.74 Å². The zero-order valence-corrected chi connectivity index (χ0v) is 10.7. The Balaban J connectivity index is 1.75. The van der Waals surface area contributed by atoms with Crippen LogP contribution in [0.5, 0.6) is 0 Å². The first-order valence-electron chi connectivity index (χ1n) is 6.99. The van der Waals surface area contributed by atoms with Gasteiger partial charge in [-0.1, -0.05) is 26.0 Å². The normalized spacial score (nSPS) is 55.8. The lowest BCUT2D eigenvalue weighted by molar-refractivity contribution is -0.0984. The summed E-state index contributed by atoms with van der Waals surface area (Å²) in [6.45, 7) is 7.07. The molecule has 3 rings (SSSR count). The van der Waals surface area contributed by atoms with Crippen LogP contribution in [0.2, 0.25) is 0 Å². The van der Waals surface area contributed by atoms with E-state index in [0.29, 0.717) is 12.2 Å². The molecule has 0 spiro atoms. The van der Waals surface area contributed by atoms with Crippen LogP contribution in [0.4, 0.5) is 0 Å². The molecule has 1 aliphatic heterocycles. The smallest absolute Gasteiger partial charge is 0.0617 e. The van der Waals surface area contributed by atoms with E-state index in [2.05, 4.69) is 32.9 Å². The van der Waals surface area contributed by atoms with E-state index in [-0.39, 0.29) is 0 Å². The van der Waals surface area contributed by atoms with Crippen LogP contribution >= 0.6 is 0 Å². The first kappa shape index (κ1) is 10.8. The fraction of sp³-hybridized carbons (Fsp3) is 0.867. The van der Waals surface area contributed by atoms with Crippen LogP contribution in [0.1, 0.15) is 40.0 Å². The molecule has 1 heteroatoms. The fourth-order valence-electron chi connectivity index (χ4n) is 4.44. The monoisotopic (exact) mass is 220 g/mol. The van der Waals surface area contributed by atoms with Crippen LogP contribution in [-0.4, -0.2) is 12.2 Å². The molecule has 2 fully saturated rings. The Morgan fingerprint density at radius 2 is 1.69 bits per heavy atom. The van der Waals surface area contributed by atoms with Crippen LogP contribution in [0.25, 0.3) is 0 Å². The van der Waals surface area contributed by atoms with Gasteiger partial charge in [0.05, 0.1) is 12.2 Å². The number of allylic oxidation sites excluding steroid dienone is 2. The van der Waals surface area contributed by atoms with Crippen molar-refractivity contribution in [1.82, 2.24) is 0 Å². The van der Waals surface area contributed by atoms with E-state index in [0.717, 1.165) is 29.6 Å². The van der Waals surface area contributed by atoms with Crippen molar-refractivity contribution in [3.63, 3.8) is 0 Å². The third kappa shape index (κ3) is 1.64. The molecule has 0 aromatic carbocycles. The van der Waals surface area contributed by atoms with Gasteiger partial charge in [0.15, 0.2) is 0 Å². The largest absolute Gasteiger partial charge is 0.375 e. The highest BCUT2D eigenvalue weighted by Crippen LogP contribution is 2.51. The molecule has 16 heavy (non-hydrogen) atoms. The van der Waals surface area contributed by atoms with Crippen molar-refractivity contribution in [1.29, 1.82) is 0 Å². The molecule has 3 aliphatic rings. The zero-order valence-electron chi connectivity index (χ0n) is 10.7. The second kappa shape index (κ2) is 3.87. The van der Waals surface area contributed by atoms with Crippen LogP contribution in [0.3, 0.4) is 0 Å². The standard InChI is InChI=1S/C15H24O/c1-9-6-10(2)16-14(7-9)15-11(3)12-4-5-13(15)8-12/h4-5,9-15H,6-8H2,1-3H3. The average Bonchev–Trinajstić information content (AvgIpc) is 2.75. The molecule has 90 valence electrons. The number of hydrogen-bond acceptors (Lipinski definition) is 1. The highest BCUT2D eigenvalue weighted by Gasteiger charge is 2.47. The molecule has 1 saturated heterocycles. The van der Waals surface area contributed by atoms with Gasteiger partial charge in [0.25, 0.3) is 0 Å². The second-order valence-electron chi connectivity index (χ2n) is 6.45. The van der Waals surface area contributed by atoms with Crippen molar-refractivity contribution >= 4 is 0 Å². The third-order valence-electron chi connectivity index (χ3n) is 5.13.